The molecule has 3 heterocycles. The molecule has 0 radical (unpaired) electrons. The normalized spacial score (nSPS) is 16.3. The molecule has 0 saturated carbocycles. The van der Waals surface area contributed by atoms with Crippen molar-refractivity contribution in [3.05, 3.63) is 96.6 Å². The zero-order valence-electron chi connectivity index (χ0n) is 17.9. The molecule has 2 aromatic carbocycles. The van der Waals surface area contributed by atoms with E-state index in [-0.39, 0.29) is 11.9 Å². The van der Waals surface area contributed by atoms with Crippen molar-refractivity contribution in [3.8, 4) is 16.9 Å². The van der Waals surface area contributed by atoms with Gasteiger partial charge in [0.2, 0.25) is 5.91 Å². The van der Waals surface area contributed by atoms with Crippen molar-refractivity contribution in [2.45, 2.75) is 32.0 Å². The Morgan fingerprint density at radius 1 is 1.03 bits per heavy atom. The van der Waals surface area contributed by atoms with E-state index in [0.717, 1.165) is 47.7 Å². The van der Waals surface area contributed by atoms with Gasteiger partial charge in [-0.2, -0.15) is 5.10 Å². The molecule has 1 fully saturated rings. The highest BCUT2D eigenvalue weighted by molar-refractivity contribution is 5.82. The smallest absolute Gasteiger partial charge is 0.237 e. The summed E-state index contributed by atoms with van der Waals surface area (Å²) in [5.41, 5.74) is 4.17. The number of amides is 1. The van der Waals surface area contributed by atoms with Gasteiger partial charge >= 0.3 is 0 Å². The molecule has 2 aromatic heterocycles. The lowest BCUT2D eigenvalue weighted by Gasteiger charge is -2.23. The standard InChI is InChI=1S/C26H26N4O2/c31-26(27-17-23-13-8-16-32-23)24-14-7-15-29(24)18-21-19-30(22-11-5-2-6-12-22)28-25(21)20-9-3-1-4-10-20/h1-6,8-13,16,19,24H,7,14-15,17-18H2,(H,27,31)/t24-/m1/s1. The first-order valence-electron chi connectivity index (χ1n) is 11.0. The van der Waals surface area contributed by atoms with Crippen LogP contribution >= 0.6 is 0 Å². The number of furan rings is 1. The van der Waals surface area contributed by atoms with Gasteiger partial charge in [0, 0.05) is 23.9 Å². The Bertz CT molecular complexity index is 1150. The van der Waals surface area contributed by atoms with Crippen LogP contribution < -0.4 is 5.32 Å². The molecule has 1 amide bonds. The zero-order chi connectivity index (χ0) is 21.8. The van der Waals surface area contributed by atoms with E-state index in [1.165, 1.54) is 0 Å². The number of hydrogen-bond acceptors (Lipinski definition) is 4. The minimum absolute atomic E-state index is 0.0515. The number of likely N-dealkylation sites (tertiary alicyclic amines) is 1. The van der Waals surface area contributed by atoms with Gasteiger partial charge in [-0.15, -0.1) is 0 Å². The first-order chi connectivity index (χ1) is 15.8. The van der Waals surface area contributed by atoms with Crippen molar-refractivity contribution >= 4 is 5.91 Å². The summed E-state index contributed by atoms with van der Waals surface area (Å²) in [6.07, 6.45) is 5.58. The molecule has 0 bridgehead atoms. The van der Waals surface area contributed by atoms with Gasteiger partial charge < -0.3 is 9.73 Å². The lowest BCUT2D eigenvalue weighted by atomic mass is 10.1. The second kappa shape index (κ2) is 9.24. The van der Waals surface area contributed by atoms with Crippen LogP contribution in [0, 0.1) is 0 Å². The van der Waals surface area contributed by atoms with Gasteiger partial charge in [0.15, 0.2) is 0 Å². The highest BCUT2D eigenvalue weighted by Crippen LogP contribution is 2.28. The summed E-state index contributed by atoms with van der Waals surface area (Å²) in [7, 11) is 0. The maximum absolute atomic E-state index is 12.9. The Morgan fingerprint density at radius 3 is 2.56 bits per heavy atom. The van der Waals surface area contributed by atoms with Crippen molar-refractivity contribution in [2.24, 2.45) is 0 Å². The van der Waals surface area contributed by atoms with E-state index in [2.05, 4.69) is 28.5 Å². The fraction of sp³-hybridized carbons (Fsp3) is 0.231. The van der Waals surface area contributed by atoms with Gasteiger partial charge in [0.25, 0.3) is 0 Å². The molecular weight excluding hydrogens is 400 g/mol. The number of para-hydroxylation sites is 1. The molecule has 0 aliphatic carbocycles. The summed E-state index contributed by atoms with van der Waals surface area (Å²) >= 11 is 0. The van der Waals surface area contributed by atoms with Crippen molar-refractivity contribution in [1.82, 2.24) is 20.0 Å². The minimum Gasteiger partial charge on any atom is -0.467 e. The summed E-state index contributed by atoms with van der Waals surface area (Å²) in [4.78, 5) is 15.2. The van der Waals surface area contributed by atoms with E-state index >= 15 is 0 Å². The van der Waals surface area contributed by atoms with E-state index < -0.39 is 0 Å². The largest absolute Gasteiger partial charge is 0.467 e. The van der Waals surface area contributed by atoms with Crippen LogP contribution in [0.2, 0.25) is 0 Å². The Hall–Kier alpha value is -3.64. The fourth-order valence-corrected chi connectivity index (χ4v) is 4.31. The number of carbonyl (C=O) groups is 1. The molecular formula is C26H26N4O2. The predicted octanol–water partition coefficient (Wildman–Crippen LogP) is 4.41. The third kappa shape index (κ3) is 4.36. The van der Waals surface area contributed by atoms with Crippen LogP contribution in [-0.2, 0) is 17.9 Å². The molecule has 0 spiro atoms. The number of carbonyl (C=O) groups excluding carboxylic acids is 1. The molecule has 32 heavy (non-hydrogen) atoms. The maximum Gasteiger partial charge on any atom is 0.237 e. The molecule has 5 rings (SSSR count). The number of benzene rings is 2. The average Bonchev–Trinajstić information content (AvgIpc) is 3.60. The Kier molecular flexibility index (Phi) is 5.85. The third-order valence-corrected chi connectivity index (χ3v) is 5.91. The van der Waals surface area contributed by atoms with Crippen LogP contribution in [0.3, 0.4) is 0 Å². The highest BCUT2D eigenvalue weighted by Gasteiger charge is 2.31. The molecule has 1 aliphatic heterocycles. The molecule has 1 N–H and O–H groups in total. The zero-order valence-corrected chi connectivity index (χ0v) is 17.9. The monoisotopic (exact) mass is 426 g/mol. The summed E-state index contributed by atoms with van der Waals surface area (Å²) in [5, 5.41) is 7.93. The quantitative estimate of drug-likeness (QED) is 0.475. The minimum atomic E-state index is -0.145. The second-order valence-electron chi connectivity index (χ2n) is 8.07. The van der Waals surface area contributed by atoms with Gasteiger partial charge in [-0.3, -0.25) is 9.69 Å². The molecule has 162 valence electrons. The van der Waals surface area contributed by atoms with E-state index in [0.29, 0.717) is 13.1 Å². The lowest BCUT2D eigenvalue weighted by molar-refractivity contribution is -0.125. The SMILES string of the molecule is O=C(NCc1ccco1)[C@H]1CCCN1Cc1cn(-c2ccccc2)nc1-c1ccccc1. The number of aromatic nitrogens is 2. The van der Waals surface area contributed by atoms with Gasteiger partial charge in [-0.25, -0.2) is 4.68 Å². The molecule has 4 aromatic rings. The maximum atomic E-state index is 12.9. The number of hydrogen-bond donors (Lipinski definition) is 1. The second-order valence-corrected chi connectivity index (χ2v) is 8.07. The lowest BCUT2D eigenvalue weighted by Crippen LogP contribution is -2.42. The molecule has 0 unspecified atom stereocenters. The van der Waals surface area contributed by atoms with Crippen LogP contribution in [0.4, 0.5) is 0 Å². The average molecular weight is 427 g/mol. The van der Waals surface area contributed by atoms with Crippen molar-refractivity contribution in [2.75, 3.05) is 6.54 Å². The number of nitrogens with one attached hydrogen (secondary N) is 1. The van der Waals surface area contributed by atoms with Crippen LogP contribution in [-0.4, -0.2) is 33.2 Å². The summed E-state index contributed by atoms with van der Waals surface area (Å²) < 4.78 is 7.27. The molecule has 1 saturated heterocycles. The van der Waals surface area contributed by atoms with Gasteiger partial charge in [-0.1, -0.05) is 48.5 Å². The third-order valence-electron chi connectivity index (χ3n) is 5.91. The number of nitrogens with zero attached hydrogens (tertiary/aromatic N) is 3. The van der Waals surface area contributed by atoms with Gasteiger partial charge in [-0.05, 0) is 43.7 Å². The first kappa shape index (κ1) is 20.3. The van der Waals surface area contributed by atoms with Crippen LogP contribution in [0.1, 0.15) is 24.2 Å². The van der Waals surface area contributed by atoms with E-state index in [1.807, 2.05) is 65.3 Å². The van der Waals surface area contributed by atoms with Gasteiger partial charge in [0.1, 0.15) is 5.76 Å². The molecule has 6 heteroatoms. The van der Waals surface area contributed by atoms with Crippen molar-refractivity contribution in [3.63, 3.8) is 0 Å². The Labute approximate surface area is 187 Å². The van der Waals surface area contributed by atoms with Crippen molar-refractivity contribution in [1.29, 1.82) is 0 Å². The Morgan fingerprint density at radius 2 is 1.81 bits per heavy atom. The van der Waals surface area contributed by atoms with Crippen LogP contribution in [0.25, 0.3) is 16.9 Å². The molecule has 6 nitrogen and oxygen atoms in total. The summed E-state index contributed by atoms with van der Waals surface area (Å²) in [5.74, 6) is 0.814. The number of rotatable bonds is 7. The molecule has 1 atom stereocenters. The predicted molar refractivity (Wildman–Crippen MR) is 123 cm³/mol. The van der Waals surface area contributed by atoms with Crippen LogP contribution in [0.15, 0.2) is 89.7 Å². The van der Waals surface area contributed by atoms with Gasteiger partial charge in [0.05, 0.1) is 30.2 Å². The topological polar surface area (TPSA) is 63.3 Å². The Balaban J connectivity index is 1.38. The summed E-state index contributed by atoms with van der Waals surface area (Å²) in [6, 6.07) is 23.9. The van der Waals surface area contributed by atoms with E-state index in [9.17, 15) is 4.79 Å². The first-order valence-corrected chi connectivity index (χ1v) is 11.0. The van der Waals surface area contributed by atoms with E-state index in [1.54, 1.807) is 6.26 Å². The summed E-state index contributed by atoms with van der Waals surface area (Å²) in [6.45, 7) is 1.98. The van der Waals surface area contributed by atoms with Crippen LogP contribution in [0.5, 0.6) is 0 Å². The highest BCUT2D eigenvalue weighted by atomic mass is 16.3. The fourth-order valence-electron chi connectivity index (χ4n) is 4.31. The van der Waals surface area contributed by atoms with Crippen molar-refractivity contribution < 1.29 is 9.21 Å². The molecule has 1 aliphatic rings. The van der Waals surface area contributed by atoms with E-state index in [4.69, 9.17) is 9.52 Å².